The first-order chi connectivity index (χ1) is 15.8. The van der Waals surface area contributed by atoms with Crippen molar-refractivity contribution in [1.29, 1.82) is 0 Å². The number of carbonyl (C=O) groups excluding carboxylic acids is 4. The molecule has 0 unspecified atom stereocenters. The molecule has 0 bridgehead atoms. The first-order valence-electron chi connectivity index (χ1n) is 10.4. The molecule has 0 spiro atoms. The van der Waals surface area contributed by atoms with Crippen molar-refractivity contribution in [1.82, 2.24) is 9.88 Å². The number of nitro benzene ring substituents is 1. The Kier molecular flexibility index (Phi) is 7.44. The maximum Gasteiger partial charge on any atom is 0.338 e. The van der Waals surface area contributed by atoms with Crippen LogP contribution < -0.4 is 5.32 Å². The van der Waals surface area contributed by atoms with E-state index in [1.807, 2.05) is 0 Å². The van der Waals surface area contributed by atoms with E-state index in [1.165, 1.54) is 36.5 Å². The van der Waals surface area contributed by atoms with Crippen molar-refractivity contribution in [3.8, 4) is 0 Å². The number of hydrogen-bond donors (Lipinski definition) is 1. The Hall–Kier alpha value is -4.15. The van der Waals surface area contributed by atoms with E-state index in [0.29, 0.717) is 19.3 Å². The van der Waals surface area contributed by atoms with Crippen LogP contribution in [-0.4, -0.2) is 51.6 Å². The highest BCUT2D eigenvalue weighted by Gasteiger charge is 2.40. The van der Waals surface area contributed by atoms with Crippen LogP contribution >= 0.6 is 0 Å². The zero-order valence-electron chi connectivity index (χ0n) is 17.9. The second-order valence-corrected chi connectivity index (χ2v) is 7.23. The number of aromatic nitrogens is 1. The molecule has 0 atom stereocenters. The SMILES string of the molecule is CCOC(=O)c1ccnc(NC(=O)CCCCCN2C(=O)c3cccc([N+](=O)[O-])c3C2=O)c1. The highest BCUT2D eigenvalue weighted by atomic mass is 16.6. The van der Waals surface area contributed by atoms with Gasteiger partial charge in [0.15, 0.2) is 0 Å². The van der Waals surface area contributed by atoms with Crippen molar-refractivity contribution in [2.75, 3.05) is 18.5 Å². The third-order valence-electron chi connectivity index (χ3n) is 5.00. The van der Waals surface area contributed by atoms with Gasteiger partial charge in [0.25, 0.3) is 17.5 Å². The highest BCUT2D eigenvalue weighted by molar-refractivity contribution is 6.23. The van der Waals surface area contributed by atoms with Gasteiger partial charge in [0.2, 0.25) is 5.91 Å². The number of benzene rings is 1. The molecule has 1 aromatic carbocycles. The number of fused-ring (bicyclic) bond motifs is 1. The Bertz CT molecular complexity index is 1120. The average molecular weight is 454 g/mol. The van der Waals surface area contributed by atoms with E-state index in [2.05, 4.69) is 10.3 Å². The van der Waals surface area contributed by atoms with Crippen LogP contribution in [0.25, 0.3) is 0 Å². The number of nitrogens with zero attached hydrogens (tertiary/aromatic N) is 3. The molecule has 0 aliphatic carbocycles. The molecule has 2 aromatic rings. The van der Waals surface area contributed by atoms with E-state index in [-0.39, 0.29) is 53.7 Å². The van der Waals surface area contributed by atoms with Gasteiger partial charge in [-0.2, -0.15) is 0 Å². The summed E-state index contributed by atoms with van der Waals surface area (Å²) in [6.07, 6.45) is 3.07. The molecule has 0 saturated heterocycles. The second kappa shape index (κ2) is 10.4. The molecular formula is C22H22N4O7. The van der Waals surface area contributed by atoms with Gasteiger partial charge in [0.05, 0.1) is 22.7 Å². The van der Waals surface area contributed by atoms with Gasteiger partial charge in [-0.05, 0) is 38.0 Å². The molecule has 11 heteroatoms. The van der Waals surface area contributed by atoms with E-state index in [0.717, 1.165) is 4.90 Å². The van der Waals surface area contributed by atoms with Crippen LogP contribution in [0.3, 0.4) is 0 Å². The fourth-order valence-corrected chi connectivity index (χ4v) is 3.45. The molecule has 1 N–H and O–H groups in total. The number of anilines is 1. The molecule has 0 saturated carbocycles. The molecule has 3 rings (SSSR count). The molecule has 1 aliphatic heterocycles. The van der Waals surface area contributed by atoms with Crippen LogP contribution in [0.4, 0.5) is 11.5 Å². The number of ether oxygens (including phenoxy) is 1. The Morgan fingerprint density at radius 3 is 2.67 bits per heavy atom. The molecule has 11 nitrogen and oxygen atoms in total. The smallest absolute Gasteiger partial charge is 0.338 e. The maximum atomic E-state index is 12.5. The Labute approximate surface area is 188 Å². The van der Waals surface area contributed by atoms with Gasteiger partial charge in [-0.1, -0.05) is 12.5 Å². The lowest BCUT2D eigenvalue weighted by atomic mass is 10.1. The first-order valence-corrected chi connectivity index (χ1v) is 10.4. The largest absolute Gasteiger partial charge is 0.462 e. The lowest BCUT2D eigenvalue weighted by Gasteiger charge is -2.13. The van der Waals surface area contributed by atoms with E-state index in [9.17, 15) is 29.3 Å². The van der Waals surface area contributed by atoms with Crippen LogP contribution in [0, 0.1) is 10.1 Å². The summed E-state index contributed by atoms with van der Waals surface area (Å²) in [6, 6.07) is 6.89. The molecule has 1 aliphatic rings. The van der Waals surface area contributed by atoms with Gasteiger partial charge < -0.3 is 10.1 Å². The van der Waals surface area contributed by atoms with Gasteiger partial charge in [0.1, 0.15) is 11.4 Å². The summed E-state index contributed by atoms with van der Waals surface area (Å²) in [7, 11) is 0. The van der Waals surface area contributed by atoms with Crippen LogP contribution in [0.15, 0.2) is 36.5 Å². The predicted molar refractivity (Wildman–Crippen MR) is 116 cm³/mol. The van der Waals surface area contributed by atoms with Crippen molar-refractivity contribution >= 4 is 35.2 Å². The normalized spacial score (nSPS) is 12.5. The quantitative estimate of drug-likeness (QED) is 0.189. The number of imide groups is 1. The summed E-state index contributed by atoms with van der Waals surface area (Å²) < 4.78 is 4.91. The minimum atomic E-state index is -0.677. The van der Waals surface area contributed by atoms with Crippen molar-refractivity contribution in [3.63, 3.8) is 0 Å². The lowest BCUT2D eigenvalue weighted by Crippen LogP contribution is -2.30. The van der Waals surface area contributed by atoms with E-state index in [1.54, 1.807) is 6.92 Å². The molecule has 1 aromatic heterocycles. The van der Waals surface area contributed by atoms with Gasteiger partial charge in [-0.25, -0.2) is 9.78 Å². The first kappa shape index (κ1) is 23.5. The van der Waals surface area contributed by atoms with E-state index >= 15 is 0 Å². The fraction of sp³-hybridized carbons (Fsp3) is 0.318. The number of carbonyl (C=O) groups is 4. The summed E-state index contributed by atoms with van der Waals surface area (Å²) >= 11 is 0. The van der Waals surface area contributed by atoms with Crippen molar-refractivity contribution in [3.05, 3.63) is 63.3 Å². The third kappa shape index (κ3) is 5.37. The number of unbranched alkanes of at least 4 members (excludes halogenated alkanes) is 2. The number of rotatable bonds is 10. The minimum Gasteiger partial charge on any atom is -0.462 e. The monoisotopic (exact) mass is 454 g/mol. The summed E-state index contributed by atoms with van der Waals surface area (Å²) in [5.74, 6) is -1.79. The minimum absolute atomic E-state index is 0.0335. The average Bonchev–Trinajstić information content (AvgIpc) is 3.04. The van der Waals surface area contributed by atoms with E-state index < -0.39 is 22.7 Å². The standard InChI is InChI=1S/C22H22N4O7/c1-2-33-22(30)14-10-11-23-17(13-14)24-18(27)9-4-3-5-12-25-20(28)15-7-6-8-16(26(31)32)19(15)21(25)29/h6-8,10-11,13H,2-5,9,12H2,1H3,(H,23,24,27). The van der Waals surface area contributed by atoms with Gasteiger partial charge in [-0.15, -0.1) is 0 Å². The molecule has 0 radical (unpaired) electrons. The molecule has 2 heterocycles. The number of esters is 1. The molecular weight excluding hydrogens is 432 g/mol. The van der Waals surface area contributed by atoms with Crippen molar-refractivity contribution < 1.29 is 28.8 Å². The highest BCUT2D eigenvalue weighted by Crippen LogP contribution is 2.30. The van der Waals surface area contributed by atoms with Crippen LogP contribution in [-0.2, 0) is 9.53 Å². The summed E-state index contributed by atoms with van der Waals surface area (Å²) in [6.45, 7) is 2.04. The van der Waals surface area contributed by atoms with Gasteiger partial charge >= 0.3 is 5.97 Å². The van der Waals surface area contributed by atoms with E-state index in [4.69, 9.17) is 4.74 Å². The molecule has 33 heavy (non-hydrogen) atoms. The topological polar surface area (TPSA) is 149 Å². The zero-order chi connectivity index (χ0) is 24.0. The Balaban J connectivity index is 1.45. The number of amides is 3. The zero-order valence-corrected chi connectivity index (χ0v) is 17.9. The number of pyridine rings is 1. The van der Waals surface area contributed by atoms with Crippen LogP contribution in [0.1, 0.15) is 63.7 Å². The second-order valence-electron chi connectivity index (χ2n) is 7.23. The molecule has 3 amide bonds. The van der Waals surface area contributed by atoms with Crippen molar-refractivity contribution in [2.45, 2.75) is 32.6 Å². The Morgan fingerprint density at radius 2 is 1.94 bits per heavy atom. The number of nitro groups is 1. The van der Waals surface area contributed by atoms with Crippen LogP contribution in [0.5, 0.6) is 0 Å². The summed E-state index contributed by atoms with van der Waals surface area (Å²) in [4.78, 5) is 64.4. The number of hydrogen-bond acceptors (Lipinski definition) is 8. The third-order valence-corrected chi connectivity index (χ3v) is 5.00. The van der Waals surface area contributed by atoms with Gasteiger partial charge in [-0.3, -0.25) is 29.4 Å². The summed E-state index contributed by atoms with van der Waals surface area (Å²) in [5, 5.41) is 13.8. The van der Waals surface area contributed by atoms with Crippen LogP contribution in [0.2, 0.25) is 0 Å². The lowest BCUT2D eigenvalue weighted by molar-refractivity contribution is -0.385. The Morgan fingerprint density at radius 1 is 1.15 bits per heavy atom. The van der Waals surface area contributed by atoms with Crippen molar-refractivity contribution in [2.24, 2.45) is 0 Å². The molecule has 172 valence electrons. The fourth-order valence-electron chi connectivity index (χ4n) is 3.45. The van der Waals surface area contributed by atoms with Gasteiger partial charge in [0, 0.05) is 25.2 Å². The maximum absolute atomic E-state index is 12.5. The summed E-state index contributed by atoms with van der Waals surface area (Å²) in [5.41, 5.74) is -0.246. The molecule has 0 fully saturated rings. The predicted octanol–water partition coefficient (Wildman–Crippen LogP) is 2.96. The number of nitrogens with one attached hydrogen (secondary N) is 1.